The second-order valence-electron chi connectivity index (χ2n) is 7.93. The van der Waals surface area contributed by atoms with Crippen LogP contribution in [0.3, 0.4) is 0 Å². The molecular weight excluding hydrogens is 444 g/mol. The topological polar surface area (TPSA) is 109 Å². The number of nitrogens with zero attached hydrogens (tertiary/aromatic N) is 5. The molecule has 5 N–H and O–H groups in total. The summed E-state index contributed by atoms with van der Waals surface area (Å²) in [5, 5.41) is 6.84. The monoisotopic (exact) mass is 476 g/mol. The van der Waals surface area contributed by atoms with E-state index in [0.717, 1.165) is 65.3 Å². The molecule has 4 rings (SSSR count). The Bertz CT molecular complexity index is 1180. The van der Waals surface area contributed by atoms with Gasteiger partial charge in [-0.2, -0.15) is 0 Å². The normalized spacial score (nSPS) is 15.0. The van der Waals surface area contributed by atoms with Gasteiger partial charge < -0.3 is 26.6 Å². The smallest absolute Gasteiger partial charge is 0.129 e. The average molecular weight is 477 g/mol. The van der Waals surface area contributed by atoms with Crippen LogP contribution in [0.5, 0.6) is 0 Å². The summed E-state index contributed by atoms with van der Waals surface area (Å²) < 4.78 is 0. The Morgan fingerprint density at radius 2 is 1.85 bits per heavy atom. The van der Waals surface area contributed by atoms with Gasteiger partial charge in [-0.25, -0.2) is 9.97 Å². The first kappa shape index (κ1) is 25.1. The molecule has 1 saturated heterocycles. The number of fused-ring (bicyclic) bond motifs is 1. The van der Waals surface area contributed by atoms with E-state index in [1.165, 1.54) is 6.20 Å². The Morgan fingerprint density at radius 1 is 1.09 bits per heavy atom. The molecule has 0 aliphatic carbocycles. The molecule has 1 aliphatic rings. The van der Waals surface area contributed by atoms with E-state index in [4.69, 9.17) is 23.7 Å². The summed E-state index contributed by atoms with van der Waals surface area (Å²) in [6, 6.07) is 11.9. The molecule has 9 heteroatoms. The van der Waals surface area contributed by atoms with Crippen LogP contribution in [0.4, 0.5) is 11.6 Å². The van der Waals surface area contributed by atoms with Gasteiger partial charge in [0.2, 0.25) is 0 Å². The summed E-state index contributed by atoms with van der Waals surface area (Å²) in [7, 11) is 5.63. The number of hydrogen-bond acceptors (Lipinski definition) is 8. The molecule has 3 heterocycles. The first-order chi connectivity index (χ1) is 16.5. The molecule has 34 heavy (non-hydrogen) atoms. The van der Waals surface area contributed by atoms with E-state index >= 15 is 0 Å². The molecule has 0 atom stereocenters. The Kier molecular flexibility index (Phi) is 8.89. The van der Waals surface area contributed by atoms with Crippen molar-refractivity contribution in [3.63, 3.8) is 0 Å². The minimum Gasteiger partial charge on any atom is -0.404 e. The molecule has 3 aromatic rings. The van der Waals surface area contributed by atoms with Gasteiger partial charge in [0.25, 0.3) is 0 Å². The van der Waals surface area contributed by atoms with Crippen molar-refractivity contribution in [3.05, 3.63) is 66.1 Å². The molecule has 1 aliphatic heterocycles. The van der Waals surface area contributed by atoms with Crippen molar-refractivity contribution >= 4 is 51.4 Å². The zero-order valence-corrected chi connectivity index (χ0v) is 20.7. The first-order valence-electron chi connectivity index (χ1n) is 11.1. The van der Waals surface area contributed by atoms with E-state index in [2.05, 4.69) is 43.2 Å². The van der Waals surface area contributed by atoms with Crippen molar-refractivity contribution < 1.29 is 0 Å². The first-order valence-corrected chi connectivity index (χ1v) is 11.5. The van der Waals surface area contributed by atoms with Crippen molar-refractivity contribution in [3.8, 4) is 0 Å². The summed E-state index contributed by atoms with van der Waals surface area (Å²) in [5.74, 6) is 2.28. The Labute approximate surface area is 206 Å². The predicted octanol–water partition coefficient (Wildman–Crippen LogP) is 2.74. The molecule has 1 aromatic carbocycles. The molecule has 0 spiro atoms. The van der Waals surface area contributed by atoms with Crippen LogP contribution in [0.15, 0.2) is 60.0 Å². The third kappa shape index (κ3) is 6.27. The van der Waals surface area contributed by atoms with E-state index in [-0.39, 0.29) is 0 Å². The van der Waals surface area contributed by atoms with Crippen molar-refractivity contribution in [2.75, 3.05) is 57.5 Å². The summed E-state index contributed by atoms with van der Waals surface area (Å²) in [6.07, 6.45) is 5.13. The molecule has 0 amide bonds. The molecule has 8 nitrogen and oxygen atoms in total. The van der Waals surface area contributed by atoms with Gasteiger partial charge in [0, 0.05) is 75.2 Å². The number of nitrogens with two attached hydrogens (primary N) is 2. The van der Waals surface area contributed by atoms with Gasteiger partial charge in [0.1, 0.15) is 17.5 Å². The second kappa shape index (κ2) is 12.1. The quantitative estimate of drug-likeness (QED) is 0.293. The van der Waals surface area contributed by atoms with E-state index in [9.17, 15) is 0 Å². The lowest BCUT2D eigenvalue weighted by Crippen LogP contribution is -2.44. The lowest BCUT2D eigenvalue weighted by molar-refractivity contribution is 0.312. The Hall–Kier alpha value is -3.56. The summed E-state index contributed by atoms with van der Waals surface area (Å²) in [4.78, 5) is 17.3. The molecule has 178 valence electrons. The van der Waals surface area contributed by atoms with Gasteiger partial charge >= 0.3 is 0 Å². The van der Waals surface area contributed by atoms with Gasteiger partial charge in [-0.05, 0) is 47.8 Å². The highest BCUT2D eigenvalue weighted by Crippen LogP contribution is 2.22. The number of rotatable bonds is 5. The van der Waals surface area contributed by atoms with Crippen molar-refractivity contribution in [2.24, 2.45) is 16.5 Å². The number of anilines is 2. The number of aliphatic imine (C=N–C) groups is 1. The van der Waals surface area contributed by atoms with Crippen LogP contribution in [-0.4, -0.2) is 73.4 Å². The third-order valence-corrected chi connectivity index (χ3v) is 5.98. The molecule has 1 fully saturated rings. The van der Waals surface area contributed by atoms with Crippen molar-refractivity contribution in [1.29, 1.82) is 0 Å². The number of amidine groups is 1. The molecule has 0 unspecified atom stereocenters. The highest BCUT2D eigenvalue weighted by molar-refractivity contribution is 7.79. The number of piperazine rings is 1. The van der Waals surface area contributed by atoms with Crippen LogP contribution < -0.4 is 21.7 Å². The van der Waals surface area contributed by atoms with Crippen molar-refractivity contribution in [2.45, 2.75) is 0 Å². The van der Waals surface area contributed by atoms with Crippen LogP contribution >= 0.6 is 12.2 Å². The maximum absolute atomic E-state index is 5.84. The van der Waals surface area contributed by atoms with Gasteiger partial charge in [0.05, 0.1) is 0 Å². The van der Waals surface area contributed by atoms with Crippen LogP contribution in [-0.2, 0) is 0 Å². The van der Waals surface area contributed by atoms with Gasteiger partial charge in [0.15, 0.2) is 0 Å². The van der Waals surface area contributed by atoms with Gasteiger partial charge in [-0.3, -0.25) is 4.99 Å². The number of hydrogen-bond donors (Lipinski definition) is 3. The number of pyridine rings is 2. The number of thiocarbonyl (C=S) groups is 1. The van der Waals surface area contributed by atoms with Crippen LogP contribution in [0.2, 0.25) is 0 Å². The molecule has 0 saturated carbocycles. The highest BCUT2D eigenvalue weighted by atomic mass is 32.1. The van der Waals surface area contributed by atoms with Gasteiger partial charge in [-0.15, -0.1) is 0 Å². The lowest BCUT2D eigenvalue weighted by Gasteiger charge is -2.33. The number of benzene rings is 1. The minimum absolute atomic E-state index is 0.421. The van der Waals surface area contributed by atoms with Crippen LogP contribution in [0.1, 0.15) is 11.1 Å². The number of nitrogens with one attached hydrogen (secondary N) is 1. The molecule has 0 radical (unpaired) electrons. The second-order valence-corrected chi connectivity index (χ2v) is 8.16. The minimum atomic E-state index is 0.421. The number of likely N-dealkylation sites (N-methyl/N-ethyl adjacent to an activating group) is 1. The number of aromatic nitrogens is 2. The van der Waals surface area contributed by atoms with Crippen molar-refractivity contribution in [1.82, 2.24) is 14.9 Å². The maximum atomic E-state index is 5.84. The highest BCUT2D eigenvalue weighted by Gasteiger charge is 2.15. The summed E-state index contributed by atoms with van der Waals surface area (Å²) >= 11 is 4.92. The van der Waals surface area contributed by atoms with Gasteiger partial charge in [-0.1, -0.05) is 24.4 Å². The third-order valence-electron chi connectivity index (χ3n) is 5.71. The fraction of sp³-hybridized carbons (Fsp3) is 0.280. The van der Waals surface area contributed by atoms with Crippen LogP contribution in [0, 0.1) is 0 Å². The molecule has 0 bridgehead atoms. The summed E-state index contributed by atoms with van der Waals surface area (Å²) in [5.41, 5.74) is 14.2. The standard InChI is InChI=1S/C14H17N5.C11H15N3S/c1-17-13-6-11-5-9(3-4-10(11)8-19-13)12(7-15)14(16)18-2;1-13-4-6-14(7-5-13)11-8-10(9-15)2-3-12-11/h3-8H,15H2,1-2H3,(H2,16,18)(H,17,19);2-3,8-9H,4-7H2,1H3/b12-7-;. The van der Waals surface area contributed by atoms with E-state index < -0.39 is 0 Å². The fourth-order valence-corrected chi connectivity index (χ4v) is 3.76. The zero-order valence-electron chi connectivity index (χ0n) is 19.9. The fourth-order valence-electron chi connectivity index (χ4n) is 3.61. The predicted molar refractivity (Wildman–Crippen MR) is 148 cm³/mol. The maximum Gasteiger partial charge on any atom is 0.129 e. The largest absolute Gasteiger partial charge is 0.404 e. The molecule has 2 aromatic heterocycles. The molecular formula is C25H32N8S. The zero-order chi connectivity index (χ0) is 24.5. The SMILES string of the molecule is CN1CCN(c2cc(C=S)ccn2)CC1.CN=C(N)/C(=C\N)c1ccc2cnc(NC)cc2c1. The van der Waals surface area contributed by atoms with Crippen LogP contribution in [0.25, 0.3) is 16.3 Å². The Balaban J connectivity index is 0.000000196. The van der Waals surface area contributed by atoms with E-state index in [1.807, 2.05) is 49.8 Å². The Morgan fingerprint density at radius 3 is 2.50 bits per heavy atom. The lowest BCUT2D eigenvalue weighted by atomic mass is 10.0. The summed E-state index contributed by atoms with van der Waals surface area (Å²) in [6.45, 7) is 4.29. The van der Waals surface area contributed by atoms with E-state index in [1.54, 1.807) is 12.4 Å². The van der Waals surface area contributed by atoms with E-state index in [0.29, 0.717) is 5.84 Å². The average Bonchev–Trinajstić information content (AvgIpc) is 2.89.